The molecule has 0 saturated carbocycles. The molecule has 0 aliphatic carbocycles. The van der Waals surface area contributed by atoms with E-state index in [1.807, 2.05) is 4.90 Å². The summed E-state index contributed by atoms with van der Waals surface area (Å²) in [6.07, 6.45) is 2.12. The zero-order valence-corrected chi connectivity index (χ0v) is 11.3. The second-order valence-corrected chi connectivity index (χ2v) is 5.44. The minimum atomic E-state index is -0.00981. The Morgan fingerprint density at radius 1 is 1.29 bits per heavy atom. The maximum atomic E-state index is 12.3. The van der Waals surface area contributed by atoms with E-state index in [0.29, 0.717) is 21.5 Å². The second kappa shape index (κ2) is 5.28. The van der Waals surface area contributed by atoms with Gasteiger partial charge in [-0.25, -0.2) is 0 Å². The smallest absolute Gasteiger partial charge is 0.255 e. The molecule has 1 aliphatic rings. The van der Waals surface area contributed by atoms with Gasteiger partial charge in [0, 0.05) is 18.1 Å². The molecular weight excluding hydrogens is 257 g/mol. The van der Waals surface area contributed by atoms with Crippen molar-refractivity contribution >= 4 is 29.1 Å². The summed E-state index contributed by atoms with van der Waals surface area (Å²) < 4.78 is 0. The molecule has 1 amide bonds. The van der Waals surface area contributed by atoms with Crippen LogP contribution < -0.4 is 0 Å². The van der Waals surface area contributed by atoms with E-state index in [1.165, 1.54) is 0 Å². The summed E-state index contributed by atoms with van der Waals surface area (Å²) in [5, 5.41) is 1.01. The van der Waals surface area contributed by atoms with Crippen LogP contribution in [0.4, 0.5) is 0 Å². The van der Waals surface area contributed by atoms with Crippen LogP contribution in [0.3, 0.4) is 0 Å². The Kier molecular flexibility index (Phi) is 3.95. The lowest BCUT2D eigenvalue weighted by molar-refractivity contribution is 0.0697. The van der Waals surface area contributed by atoms with Crippen LogP contribution in [0.15, 0.2) is 18.2 Å². The van der Waals surface area contributed by atoms with E-state index in [2.05, 4.69) is 6.92 Å². The van der Waals surface area contributed by atoms with Crippen LogP contribution in [-0.2, 0) is 0 Å². The van der Waals surface area contributed by atoms with Crippen molar-refractivity contribution in [3.05, 3.63) is 33.8 Å². The Labute approximate surface area is 112 Å². The molecule has 0 unspecified atom stereocenters. The summed E-state index contributed by atoms with van der Waals surface area (Å²) in [5.74, 6) is 0.693. The molecule has 0 aromatic heterocycles. The van der Waals surface area contributed by atoms with Crippen molar-refractivity contribution in [2.24, 2.45) is 5.92 Å². The van der Waals surface area contributed by atoms with E-state index >= 15 is 0 Å². The zero-order valence-electron chi connectivity index (χ0n) is 9.75. The Morgan fingerprint density at radius 2 is 1.94 bits per heavy atom. The molecule has 1 aliphatic heterocycles. The normalized spacial score (nSPS) is 17.2. The largest absolute Gasteiger partial charge is 0.339 e. The molecule has 17 heavy (non-hydrogen) atoms. The lowest BCUT2D eigenvalue weighted by Crippen LogP contribution is -2.38. The molecule has 2 rings (SSSR count). The first-order valence-corrected chi connectivity index (χ1v) is 6.58. The number of carbonyl (C=O) groups excluding carboxylic acids is 1. The SMILES string of the molecule is CC1CCN(C(=O)c2cc(Cl)ccc2Cl)CC1. The van der Waals surface area contributed by atoms with E-state index in [0.717, 1.165) is 25.9 Å². The van der Waals surface area contributed by atoms with Crippen molar-refractivity contribution in [1.82, 2.24) is 4.90 Å². The molecule has 92 valence electrons. The lowest BCUT2D eigenvalue weighted by atomic mass is 9.98. The Balaban J connectivity index is 2.16. The second-order valence-electron chi connectivity index (χ2n) is 4.60. The van der Waals surface area contributed by atoms with Crippen molar-refractivity contribution in [3.63, 3.8) is 0 Å². The number of piperidine rings is 1. The van der Waals surface area contributed by atoms with Gasteiger partial charge >= 0.3 is 0 Å². The summed E-state index contributed by atoms with van der Waals surface area (Å²) >= 11 is 11.9. The standard InChI is InChI=1S/C13H15Cl2NO/c1-9-4-6-16(7-5-9)13(17)11-8-10(14)2-3-12(11)15/h2-3,8-9H,4-7H2,1H3. The van der Waals surface area contributed by atoms with Crippen LogP contribution >= 0.6 is 23.2 Å². The van der Waals surface area contributed by atoms with Gasteiger partial charge in [0.05, 0.1) is 10.6 Å². The summed E-state index contributed by atoms with van der Waals surface area (Å²) in [7, 11) is 0. The molecule has 0 spiro atoms. The van der Waals surface area contributed by atoms with E-state index < -0.39 is 0 Å². The molecule has 1 aromatic carbocycles. The molecular formula is C13H15Cl2NO. The van der Waals surface area contributed by atoms with E-state index in [1.54, 1.807) is 18.2 Å². The maximum Gasteiger partial charge on any atom is 0.255 e. The van der Waals surface area contributed by atoms with Gasteiger partial charge < -0.3 is 4.90 Å². The minimum absolute atomic E-state index is 0.00981. The monoisotopic (exact) mass is 271 g/mol. The number of rotatable bonds is 1. The molecule has 2 nitrogen and oxygen atoms in total. The van der Waals surface area contributed by atoms with Gasteiger partial charge in [0.25, 0.3) is 5.91 Å². The quantitative estimate of drug-likeness (QED) is 0.760. The van der Waals surface area contributed by atoms with E-state index in [4.69, 9.17) is 23.2 Å². The molecule has 0 N–H and O–H groups in total. The number of likely N-dealkylation sites (tertiary alicyclic amines) is 1. The molecule has 0 atom stereocenters. The third-order valence-electron chi connectivity index (χ3n) is 3.23. The molecule has 1 fully saturated rings. The fraction of sp³-hybridized carbons (Fsp3) is 0.462. The number of hydrogen-bond acceptors (Lipinski definition) is 1. The first kappa shape index (κ1) is 12.7. The lowest BCUT2D eigenvalue weighted by Gasteiger charge is -2.30. The number of halogens is 2. The van der Waals surface area contributed by atoms with Crippen molar-refractivity contribution in [2.45, 2.75) is 19.8 Å². The first-order chi connectivity index (χ1) is 8.08. The summed E-state index contributed by atoms with van der Waals surface area (Å²) in [5.41, 5.74) is 0.508. The Morgan fingerprint density at radius 3 is 2.59 bits per heavy atom. The predicted molar refractivity (Wildman–Crippen MR) is 70.8 cm³/mol. The van der Waals surface area contributed by atoms with Crippen LogP contribution in [0.1, 0.15) is 30.1 Å². The zero-order chi connectivity index (χ0) is 12.4. The summed E-state index contributed by atoms with van der Waals surface area (Å²) in [6.45, 7) is 3.83. The fourth-order valence-corrected chi connectivity index (χ4v) is 2.41. The van der Waals surface area contributed by atoms with Gasteiger partial charge in [-0.2, -0.15) is 0 Å². The van der Waals surface area contributed by atoms with Crippen molar-refractivity contribution in [1.29, 1.82) is 0 Å². The number of nitrogens with zero attached hydrogens (tertiary/aromatic N) is 1. The highest BCUT2D eigenvalue weighted by atomic mass is 35.5. The van der Waals surface area contributed by atoms with Gasteiger partial charge in [-0.05, 0) is 37.0 Å². The number of hydrogen-bond donors (Lipinski definition) is 0. The average Bonchev–Trinajstić information content (AvgIpc) is 2.32. The number of benzene rings is 1. The third-order valence-corrected chi connectivity index (χ3v) is 3.79. The topological polar surface area (TPSA) is 20.3 Å². The summed E-state index contributed by atoms with van der Waals surface area (Å²) in [6, 6.07) is 5.01. The van der Waals surface area contributed by atoms with Gasteiger partial charge in [0.15, 0.2) is 0 Å². The van der Waals surface area contributed by atoms with Gasteiger partial charge in [0.2, 0.25) is 0 Å². The molecule has 4 heteroatoms. The summed E-state index contributed by atoms with van der Waals surface area (Å²) in [4.78, 5) is 14.1. The highest BCUT2D eigenvalue weighted by Gasteiger charge is 2.23. The fourth-order valence-electron chi connectivity index (χ4n) is 2.04. The van der Waals surface area contributed by atoms with Crippen LogP contribution in [-0.4, -0.2) is 23.9 Å². The van der Waals surface area contributed by atoms with E-state index in [-0.39, 0.29) is 5.91 Å². The third kappa shape index (κ3) is 2.93. The number of amides is 1. The van der Waals surface area contributed by atoms with E-state index in [9.17, 15) is 4.79 Å². The van der Waals surface area contributed by atoms with Crippen LogP contribution in [0, 0.1) is 5.92 Å². The van der Waals surface area contributed by atoms with Gasteiger partial charge in [-0.1, -0.05) is 30.1 Å². The van der Waals surface area contributed by atoms with Gasteiger partial charge in [-0.15, -0.1) is 0 Å². The van der Waals surface area contributed by atoms with Crippen molar-refractivity contribution in [2.75, 3.05) is 13.1 Å². The molecule has 1 saturated heterocycles. The van der Waals surface area contributed by atoms with Crippen LogP contribution in [0.25, 0.3) is 0 Å². The van der Waals surface area contributed by atoms with Crippen molar-refractivity contribution in [3.8, 4) is 0 Å². The molecule has 1 heterocycles. The van der Waals surface area contributed by atoms with Gasteiger partial charge in [-0.3, -0.25) is 4.79 Å². The Hall–Kier alpha value is -0.730. The van der Waals surface area contributed by atoms with Crippen LogP contribution in [0.5, 0.6) is 0 Å². The van der Waals surface area contributed by atoms with Crippen LogP contribution in [0.2, 0.25) is 10.0 Å². The minimum Gasteiger partial charge on any atom is -0.339 e. The number of carbonyl (C=O) groups is 1. The predicted octanol–water partition coefficient (Wildman–Crippen LogP) is 3.87. The van der Waals surface area contributed by atoms with Gasteiger partial charge in [0.1, 0.15) is 0 Å². The van der Waals surface area contributed by atoms with Crippen molar-refractivity contribution < 1.29 is 4.79 Å². The molecule has 0 bridgehead atoms. The average molecular weight is 272 g/mol. The first-order valence-electron chi connectivity index (χ1n) is 5.82. The Bertz CT molecular complexity index is 425. The highest BCUT2D eigenvalue weighted by Crippen LogP contribution is 2.24. The molecule has 0 radical (unpaired) electrons. The molecule has 1 aromatic rings. The highest BCUT2D eigenvalue weighted by molar-refractivity contribution is 6.35. The maximum absolute atomic E-state index is 12.3.